The van der Waals surface area contributed by atoms with E-state index in [1.165, 1.54) is 0 Å². The first-order valence-corrected chi connectivity index (χ1v) is 9.28. The SMILES string of the molecule is C=C/C=C(\C=C)C(=O)N1CCN(c2ccc(C(=O)OC(C)(C)C)c(N)c2)CC1. The smallest absolute Gasteiger partial charge is 0.340 e. The molecule has 1 amide bonds. The van der Waals surface area contributed by atoms with Crippen LogP contribution in [0.25, 0.3) is 0 Å². The van der Waals surface area contributed by atoms with Gasteiger partial charge in [0, 0.05) is 43.1 Å². The first kappa shape index (κ1) is 21.3. The highest BCUT2D eigenvalue weighted by Gasteiger charge is 2.24. The molecule has 150 valence electrons. The quantitative estimate of drug-likeness (QED) is 0.366. The molecule has 1 fully saturated rings. The number of nitrogens with two attached hydrogens (primary N) is 1. The van der Waals surface area contributed by atoms with Crippen LogP contribution < -0.4 is 10.6 Å². The number of anilines is 2. The first-order chi connectivity index (χ1) is 13.2. The van der Waals surface area contributed by atoms with E-state index in [-0.39, 0.29) is 5.91 Å². The molecule has 1 heterocycles. The molecular formula is C22H29N3O3. The number of esters is 1. The molecule has 2 N–H and O–H groups in total. The van der Waals surface area contributed by atoms with Gasteiger partial charge in [-0.2, -0.15) is 0 Å². The van der Waals surface area contributed by atoms with E-state index in [1.54, 1.807) is 35.3 Å². The minimum atomic E-state index is -0.574. The summed E-state index contributed by atoms with van der Waals surface area (Å²) in [6, 6.07) is 5.34. The van der Waals surface area contributed by atoms with Gasteiger partial charge >= 0.3 is 5.97 Å². The Bertz CT molecular complexity index is 798. The Morgan fingerprint density at radius 2 is 1.79 bits per heavy atom. The molecule has 1 saturated heterocycles. The molecule has 0 aliphatic carbocycles. The summed E-state index contributed by atoms with van der Waals surface area (Å²) in [5, 5.41) is 0. The van der Waals surface area contributed by atoms with Gasteiger partial charge in [0.25, 0.3) is 5.91 Å². The van der Waals surface area contributed by atoms with E-state index in [0.29, 0.717) is 43.0 Å². The maximum Gasteiger partial charge on any atom is 0.340 e. The predicted octanol–water partition coefficient (Wildman–Crippen LogP) is 3.17. The van der Waals surface area contributed by atoms with Crippen LogP contribution in [0.15, 0.2) is 55.2 Å². The van der Waals surface area contributed by atoms with E-state index in [0.717, 1.165) is 5.69 Å². The number of hydrogen-bond donors (Lipinski definition) is 1. The van der Waals surface area contributed by atoms with Crippen LogP contribution in [-0.4, -0.2) is 48.6 Å². The van der Waals surface area contributed by atoms with Crippen molar-refractivity contribution in [3.8, 4) is 0 Å². The molecule has 1 aliphatic rings. The van der Waals surface area contributed by atoms with Gasteiger partial charge in [-0.3, -0.25) is 4.79 Å². The van der Waals surface area contributed by atoms with Crippen LogP contribution in [0.5, 0.6) is 0 Å². The first-order valence-electron chi connectivity index (χ1n) is 9.28. The van der Waals surface area contributed by atoms with Gasteiger partial charge in [-0.1, -0.05) is 31.4 Å². The zero-order valence-corrected chi connectivity index (χ0v) is 16.9. The highest BCUT2D eigenvalue weighted by atomic mass is 16.6. The highest BCUT2D eigenvalue weighted by Crippen LogP contribution is 2.25. The van der Waals surface area contributed by atoms with E-state index >= 15 is 0 Å². The van der Waals surface area contributed by atoms with Crippen molar-refractivity contribution in [1.82, 2.24) is 4.90 Å². The normalized spacial score (nSPS) is 15.2. The Morgan fingerprint density at radius 3 is 2.29 bits per heavy atom. The zero-order valence-electron chi connectivity index (χ0n) is 16.9. The van der Waals surface area contributed by atoms with E-state index in [2.05, 4.69) is 18.1 Å². The third-order valence-electron chi connectivity index (χ3n) is 4.35. The van der Waals surface area contributed by atoms with E-state index in [4.69, 9.17) is 10.5 Å². The molecule has 1 aromatic rings. The molecule has 0 bridgehead atoms. The second-order valence-electron chi connectivity index (χ2n) is 7.61. The molecule has 6 heteroatoms. The van der Waals surface area contributed by atoms with Crippen LogP contribution in [0.1, 0.15) is 31.1 Å². The maximum atomic E-state index is 12.5. The molecule has 0 saturated carbocycles. The van der Waals surface area contributed by atoms with Crippen molar-refractivity contribution in [3.05, 3.63) is 60.7 Å². The second-order valence-corrected chi connectivity index (χ2v) is 7.61. The lowest BCUT2D eigenvalue weighted by Gasteiger charge is -2.36. The van der Waals surface area contributed by atoms with Crippen molar-refractivity contribution in [3.63, 3.8) is 0 Å². The fourth-order valence-electron chi connectivity index (χ4n) is 2.97. The molecule has 28 heavy (non-hydrogen) atoms. The number of piperazine rings is 1. The second kappa shape index (κ2) is 8.78. The van der Waals surface area contributed by atoms with Gasteiger partial charge in [0.2, 0.25) is 0 Å². The lowest BCUT2D eigenvalue weighted by Crippen LogP contribution is -2.49. The molecule has 0 spiro atoms. The number of ether oxygens (including phenoxy) is 1. The van der Waals surface area contributed by atoms with Gasteiger partial charge in [-0.05, 0) is 39.0 Å². The van der Waals surface area contributed by atoms with Crippen LogP contribution in [0.2, 0.25) is 0 Å². The lowest BCUT2D eigenvalue weighted by atomic mass is 10.1. The summed E-state index contributed by atoms with van der Waals surface area (Å²) < 4.78 is 5.39. The zero-order chi connectivity index (χ0) is 20.9. The molecule has 0 radical (unpaired) electrons. The lowest BCUT2D eigenvalue weighted by molar-refractivity contribution is -0.127. The van der Waals surface area contributed by atoms with Crippen molar-refractivity contribution in [2.75, 3.05) is 36.8 Å². The molecule has 2 rings (SSSR count). The molecule has 1 aliphatic heterocycles. The van der Waals surface area contributed by atoms with E-state index in [9.17, 15) is 9.59 Å². The summed E-state index contributed by atoms with van der Waals surface area (Å²) >= 11 is 0. The van der Waals surface area contributed by atoms with Gasteiger partial charge in [-0.15, -0.1) is 0 Å². The summed E-state index contributed by atoms with van der Waals surface area (Å²) in [6.45, 7) is 15.3. The Morgan fingerprint density at radius 1 is 1.14 bits per heavy atom. The number of nitrogen functional groups attached to an aromatic ring is 1. The average Bonchev–Trinajstić information content (AvgIpc) is 2.64. The third kappa shape index (κ3) is 5.25. The van der Waals surface area contributed by atoms with Gasteiger partial charge in [-0.25, -0.2) is 4.79 Å². The number of benzene rings is 1. The standard InChI is InChI=1S/C22H29N3O3/c1-6-8-16(7-2)20(26)25-13-11-24(12-14-25)17-9-10-18(19(23)15-17)21(27)28-22(3,4)5/h6-10,15H,1-2,11-14,23H2,3-5H3/b16-8+. The summed E-state index contributed by atoms with van der Waals surface area (Å²) in [6.07, 6.45) is 4.80. The van der Waals surface area contributed by atoms with Gasteiger partial charge in [0.1, 0.15) is 5.60 Å². The number of nitrogens with zero attached hydrogens (tertiary/aromatic N) is 2. The number of rotatable bonds is 5. The molecular weight excluding hydrogens is 354 g/mol. The fraction of sp³-hybridized carbons (Fsp3) is 0.364. The Balaban J connectivity index is 2.05. The van der Waals surface area contributed by atoms with Crippen LogP contribution >= 0.6 is 0 Å². The Kier molecular flexibility index (Phi) is 6.67. The number of carbonyl (C=O) groups is 2. The van der Waals surface area contributed by atoms with Crippen LogP contribution in [0.4, 0.5) is 11.4 Å². The summed E-state index contributed by atoms with van der Waals surface area (Å²) in [5.41, 5.74) is 7.72. The molecule has 6 nitrogen and oxygen atoms in total. The monoisotopic (exact) mass is 383 g/mol. The molecule has 1 aromatic carbocycles. The van der Waals surface area contributed by atoms with Crippen molar-refractivity contribution >= 4 is 23.3 Å². The number of allylic oxidation sites excluding steroid dienone is 2. The molecule has 0 atom stereocenters. The fourth-order valence-corrected chi connectivity index (χ4v) is 2.97. The van der Waals surface area contributed by atoms with Gasteiger partial charge < -0.3 is 20.3 Å². The highest BCUT2D eigenvalue weighted by molar-refractivity contribution is 5.97. The summed E-state index contributed by atoms with van der Waals surface area (Å²) in [7, 11) is 0. The summed E-state index contributed by atoms with van der Waals surface area (Å²) in [4.78, 5) is 28.7. The van der Waals surface area contributed by atoms with Crippen molar-refractivity contribution in [1.29, 1.82) is 0 Å². The average molecular weight is 383 g/mol. The maximum absolute atomic E-state index is 12.5. The topological polar surface area (TPSA) is 75.9 Å². The number of carbonyl (C=O) groups excluding carboxylic acids is 2. The Labute approximate surface area is 166 Å². The largest absolute Gasteiger partial charge is 0.456 e. The van der Waals surface area contributed by atoms with E-state index in [1.807, 2.05) is 26.8 Å². The summed E-state index contributed by atoms with van der Waals surface area (Å²) in [5.74, 6) is -0.479. The Hall–Kier alpha value is -3.02. The number of amides is 1. The minimum absolute atomic E-state index is 0.0469. The van der Waals surface area contributed by atoms with Crippen molar-refractivity contribution in [2.45, 2.75) is 26.4 Å². The molecule has 0 aromatic heterocycles. The predicted molar refractivity (Wildman–Crippen MR) is 113 cm³/mol. The van der Waals surface area contributed by atoms with Crippen molar-refractivity contribution < 1.29 is 14.3 Å². The molecule has 0 unspecified atom stereocenters. The number of hydrogen-bond acceptors (Lipinski definition) is 5. The van der Waals surface area contributed by atoms with Crippen molar-refractivity contribution in [2.24, 2.45) is 0 Å². The van der Waals surface area contributed by atoms with Crippen LogP contribution in [-0.2, 0) is 9.53 Å². The van der Waals surface area contributed by atoms with Gasteiger partial charge in [0.15, 0.2) is 0 Å². The van der Waals surface area contributed by atoms with E-state index < -0.39 is 11.6 Å². The third-order valence-corrected chi connectivity index (χ3v) is 4.35. The van der Waals surface area contributed by atoms with Crippen LogP contribution in [0, 0.1) is 0 Å². The van der Waals surface area contributed by atoms with Gasteiger partial charge in [0.05, 0.1) is 5.56 Å². The van der Waals surface area contributed by atoms with Crippen LogP contribution in [0.3, 0.4) is 0 Å². The minimum Gasteiger partial charge on any atom is -0.456 e.